The molecule has 16 heavy (non-hydrogen) atoms. The van der Waals surface area contributed by atoms with Gasteiger partial charge in [-0.25, -0.2) is 13.1 Å². The minimum Gasteiger partial charge on any atom is -0.315 e. The summed E-state index contributed by atoms with van der Waals surface area (Å²) in [5.41, 5.74) is -0.271. The van der Waals surface area contributed by atoms with Gasteiger partial charge >= 0.3 is 0 Å². The van der Waals surface area contributed by atoms with Gasteiger partial charge in [0.25, 0.3) is 0 Å². The molecule has 0 saturated carbocycles. The van der Waals surface area contributed by atoms with E-state index >= 15 is 0 Å². The largest absolute Gasteiger partial charge is 0.315 e. The zero-order chi connectivity index (χ0) is 12.7. The van der Waals surface area contributed by atoms with E-state index in [1.54, 1.807) is 0 Å². The van der Waals surface area contributed by atoms with Crippen LogP contribution in [-0.2, 0) is 10.0 Å². The van der Waals surface area contributed by atoms with Gasteiger partial charge in [-0.3, -0.25) is 0 Å². The summed E-state index contributed by atoms with van der Waals surface area (Å²) in [5.74, 6) is 0. The Bertz CT molecular complexity index is 330. The van der Waals surface area contributed by atoms with Crippen LogP contribution in [0.15, 0.2) is 0 Å². The van der Waals surface area contributed by atoms with Crippen LogP contribution < -0.4 is 10.0 Å². The Balaban J connectivity index is 3.40. The molecule has 0 atom stereocenters. The highest BCUT2D eigenvalue weighted by molar-refractivity contribution is 7.88. The van der Waals surface area contributed by atoms with E-state index in [9.17, 15) is 8.42 Å². The molecule has 0 aliphatic heterocycles. The smallest absolute Gasteiger partial charge is 0.208 e. The van der Waals surface area contributed by atoms with Gasteiger partial charge in [-0.05, 0) is 33.2 Å². The minimum absolute atomic E-state index is 0.271. The van der Waals surface area contributed by atoms with E-state index in [-0.39, 0.29) is 5.41 Å². The van der Waals surface area contributed by atoms with Gasteiger partial charge in [0.2, 0.25) is 10.0 Å². The molecule has 0 saturated heterocycles. The number of rotatable bonds is 8. The van der Waals surface area contributed by atoms with Crippen LogP contribution in [0.4, 0.5) is 0 Å². The maximum Gasteiger partial charge on any atom is 0.208 e. The summed E-state index contributed by atoms with van der Waals surface area (Å²) < 4.78 is 23.8. The molecule has 0 aromatic carbocycles. The first-order valence-electron chi connectivity index (χ1n) is 5.33. The van der Waals surface area contributed by atoms with Gasteiger partial charge in [0.1, 0.15) is 0 Å². The number of nitriles is 1. The zero-order valence-electron chi connectivity index (χ0n) is 10.2. The molecule has 0 radical (unpaired) electrons. The Morgan fingerprint density at radius 2 is 1.88 bits per heavy atom. The fraction of sp³-hybridized carbons (Fsp3) is 0.900. The maximum atomic E-state index is 10.7. The van der Waals surface area contributed by atoms with Crippen LogP contribution in [0.3, 0.4) is 0 Å². The molecule has 0 spiro atoms. The fourth-order valence-electron chi connectivity index (χ4n) is 1.16. The average Bonchev–Trinajstić information content (AvgIpc) is 2.14. The van der Waals surface area contributed by atoms with E-state index in [1.165, 1.54) is 0 Å². The molecule has 0 bridgehead atoms. The van der Waals surface area contributed by atoms with Crippen LogP contribution in [0.2, 0.25) is 0 Å². The molecule has 0 aromatic heterocycles. The van der Waals surface area contributed by atoms with Crippen LogP contribution in [0.5, 0.6) is 0 Å². The summed E-state index contributed by atoms with van der Waals surface area (Å²) in [6, 6.07) is 2.24. The van der Waals surface area contributed by atoms with Crippen LogP contribution in [0.25, 0.3) is 0 Å². The molecule has 5 nitrogen and oxygen atoms in total. The molecule has 0 heterocycles. The third kappa shape index (κ3) is 9.90. The van der Waals surface area contributed by atoms with Crippen molar-refractivity contribution >= 4 is 10.0 Å². The van der Waals surface area contributed by atoms with Crippen molar-refractivity contribution in [2.24, 2.45) is 5.41 Å². The first kappa shape index (κ1) is 15.4. The fourth-order valence-corrected chi connectivity index (χ4v) is 1.63. The highest BCUT2D eigenvalue weighted by Crippen LogP contribution is 2.19. The van der Waals surface area contributed by atoms with Crippen LogP contribution in [0.1, 0.15) is 26.7 Å². The van der Waals surface area contributed by atoms with Crippen molar-refractivity contribution in [1.82, 2.24) is 10.0 Å². The van der Waals surface area contributed by atoms with Crippen molar-refractivity contribution < 1.29 is 8.42 Å². The molecule has 0 aliphatic rings. The van der Waals surface area contributed by atoms with Crippen molar-refractivity contribution in [3.8, 4) is 6.07 Å². The van der Waals surface area contributed by atoms with Gasteiger partial charge in [-0.15, -0.1) is 0 Å². The SMILES string of the molecule is CC(C)(C#N)CCCNCCNS(C)(=O)=O. The van der Waals surface area contributed by atoms with Gasteiger partial charge in [0.05, 0.1) is 17.7 Å². The predicted molar refractivity (Wildman–Crippen MR) is 64.3 cm³/mol. The van der Waals surface area contributed by atoms with Crippen LogP contribution >= 0.6 is 0 Å². The van der Waals surface area contributed by atoms with Gasteiger partial charge < -0.3 is 5.32 Å². The monoisotopic (exact) mass is 247 g/mol. The number of nitrogens with zero attached hydrogens (tertiary/aromatic N) is 1. The van der Waals surface area contributed by atoms with E-state index in [2.05, 4.69) is 16.1 Å². The molecule has 0 rings (SSSR count). The Morgan fingerprint density at radius 3 is 2.38 bits per heavy atom. The second kappa shape index (κ2) is 6.84. The number of hydrogen-bond donors (Lipinski definition) is 2. The van der Waals surface area contributed by atoms with Gasteiger partial charge in [-0.2, -0.15) is 5.26 Å². The number of sulfonamides is 1. The summed E-state index contributed by atoms with van der Waals surface area (Å²) in [5, 5.41) is 11.9. The highest BCUT2D eigenvalue weighted by Gasteiger charge is 2.15. The summed E-state index contributed by atoms with van der Waals surface area (Å²) >= 11 is 0. The molecule has 2 N–H and O–H groups in total. The first-order chi connectivity index (χ1) is 7.27. The number of hydrogen-bond acceptors (Lipinski definition) is 4. The second-order valence-electron chi connectivity index (χ2n) is 4.52. The van der Waals surface area contributed by atoms with Crippen LogP contribution in [-0.4, -0.2) is 34.3 Å². The Hall–Kier alpha value is -0.640. The van der Waals surface area contributed by atoms with Crippen molar-refractivity contribution in [3.63, 3.8) is 0 Å². The lowest BCUT2D eigenvalue weighted by Crippen LogP contribution is -2.31. The van der Waals surface area contributed by atoms with Crippen molar-refractivity contribution in [2.45, 2.75) is 26.7 Å². The lowest BCUT2D eigenvalue weighted by Gasteiger charge is -2.14. The zero-order valence-corrected chi connectivity index (χ0v) is 11.0. The highest BCUT2D eigenvalue weighted by atomic mass is 32.2. The van der Waals surface area contributed by atoms with Crippen LogP contribution in [0, 0.1) is 16.7 Å². The molecular formula is C10H21N3O2S. The molecule has 0 aliphatic carbocycles. The van der Waals surface area contributed by atoms with E-state index in [1.807, 2.05) is 13.8 Å². The lowest BCUT2D eigenvalue weighted by atomic mass is 9.90. The van der Waals surface area contributed by atoms with E-state index in [0.29, 0.717) is 13.1 Å². The minimum atomic E-state index is -3.08. The Kier molecular flexibility index (Phi) is 6.56. The summed E-state index contributed by atoms with van der Waals surface area (Å²) in [4.78, 5) is 0. The molecule has 0 fully saturated rings. The summed E-state index contributed by atoms with van der Waals surface area (Å²) in [6.07, 6.45) is 2.90. The molecule has 0 aromatic rings. The molecule has 0 unspecified atom stereocenters. The molecular weight excluding hydrogens is 226 g/mol. The Labute approximate surface area is 98.3 Å². The maximum absolute atomic E-state index is 10.7. The third-order valence-corrected chi connectivity index (χ3v) is 2.85. The quantitative estimate of drug-likeness (QED) is 0.610. The lowest BCUT2D eigenvalue weighted by molar-refractivity contribution is 0.426. The first-order valence-corrected chi connectivity index (χ1v) is 7.22. The topological polar surface area (TPSA) is 82.0 Å². The molecule has 0 amide bonds. The summed E-state index contributed by atoms with van der Waals surface area (Å²) in [6.45, 7) is 5.65. The van der Waals surface area contributed by atoms with Gasteiger partial charge in [0.15, 0.2) is 0 Å². The molecule has 6 heteroatoms. The standard InChI is InChI=1S/C10H21N3O2S/c1-10(2,9-11)5-4-6-12-7-8-13-16(3,14)15/h12-13H,4-8H2,1-3H3. The Morgan fingerprint density at radius 1 is 1.25 bits per heavy atom. The number of nitrogens with one attached hydrogen (secondary N) is 2. The normalized spacial score (nSPS) is 12.4. The average molecular weight is 247 g/mol. The predicted octanol–water partition coefficient (Wildman–Crippen LogP) is 0.455. The summed E-state index contributed by atoms with van der Waals surface area (Å²) in [7, 11) is -3.08. The van der Waals surface area contributed by atoms with Gasteiger partial charge in [-0.1, -0.05) is 0 Å². The molecule has 94 valence electrons. The van der Waals surface area contributed by atoms with E-state index in [0.717, 1.165) is 25.6 Å². The third-order valence-electron chi connectivity index (χ3n) is 2.12. The second-order valence-corrected chi connectivity index (χ2v) is 6.35. The van der Waals surface area contributed by atoms with Crippen molar-refractivity contribution in [1.29, 1.82) is 5.26 Å². The van der Waals surface area contributed by atoms with Gasteiger partial charge in [0, 0.05) is 13.1 Å². The van der Waals surface area contributed by atoms with Crippen molar-refractivity contribution in [2.75, 3.05) is 25.9 Å². The van der Waals surface area contributed by atoms with E-state index < -0.39 is 10.0 Å². The van der Waals surface area contributed by atoms with E-state index in [4.69, 9.17) is 5.26 Å². The van der Waals surface area contributed by atoms with Crippen molar-refractivity contribution in [3.05, 3.63) is 0 Å².